The van der Waals surface area contributed by atoms with E-state index in [1.807, 2.05) is 18.2 Å². The van der Waals surface area contributed by atoms with Crippen LogP contribution >= 0.6 is 11.3 Å². The molecule has 3 atom stereocenters. The van der Waals surface area contributed by atoms with Crippen LogP contribution in [0, 0.1) is 5.92 Å². The molecule has 0 aromatic carbocycles. The SMILES string of the molecule is O=C(NCc1ccccn1)[C@H]1C[C@@H]2CCN(Cc3cccs3)C[C@H]2O1.O=C(O)C(F)(F)F.O=C(O)C(F)(F)F. The molecule has 0 bridgehead atoms. The van der Waals surface area contributed by atoms with Crippen LogP contribution in [0.2, 0.25) is 0 Å². The average Bonchev–Trinajstić information content (AvgIpc) is 3.52. The molecule has 0 spiro atoms. The summed E-state index contributed by atoms with van der Waals surface area (Å²) >= 11 is 1.80. The van der Waals surface area contributed by atoms with E-state index in [9.17, 15) is 31.1 Å². The number of hydrogen-bond acceptors (Lipinski definition) is 7. The van der Waals surface area contributed by atoms with Crippen LogP contribution in [-0.2, 0) is 32.2 Å². The van der Waals surface area contributed by atoms with Gasteiger partial charge in [0.25, 0.3) is 0 Å². The largest absolute Gasteiger partial charge is 0.490 e. The zero-order valence-corrected chi connectivity index (χ0v) is 20.9. The first-order valence-corrected chi connectivity index (χ1v) is 12.2. The quantitative estimate of drug-likeness (QED) is 0.453. The number of piperidine rings is 1. The summed E-state index contributed by atoms with van der Waals surface area (Å²) in [6.07, 6.45) is -6.62. The lowest BCUT2D eigenvalue weighted by Crippen LogP contribution is -2.42. The van der Waals surface area contributed by atoms with E-state index < -0.39 is 24.3 Å². The fourth-order valence-electron chi connectivity index (χ4n) is 3.72. The van der Waals surface area contributed by atoms with Crippen molar-refractivity contribution in [2.75, 3.05) is 13.1 Å². The number of nitrogens with zero attached hydrogens (tertiary/aromatic N) is 2. The molecule has 0 saturated carbocycles. The number of halogens is 6. The van der Waals surface area contributed by atoms with Gasteiger partial charge in [-0.25, -0.2) is 9.59 Å². The lowest BCUT2D eigenvalue weighted by molar-refractivity contribution is -0.193. The number of carbonyl (C=O) groups is 3. The summed E-state index contributed by atoms with van der Waals surface area (Å²) < 4.78 is 69.6. The summed E-state index contributed by atoms with van der Waals surface area (Å²) in [5, 5.41) is 19.3. The van der Waals surface area contributed by atoms with Crippen molar-refractivity contribution in [3.8, 4) is 0 Å². The average molecular weight is 586 g/mol. The third-order valence-corrected chi connectivity index (χ3v) is 6.40. The van der Waals surface area contributed by atoms with Gasteiger partial charge in [0, 0.05) is 24.2 Å². The Morgan fingerprint density at radius 2 is 1.69 bits per heavy atom. The van der Waals surface area contributed by atoms with Gasteiger partial charge in [0.05, 0.1) is 18.3 Å². The van der Waals surface area contributed by atoms with Gasteiger partial charge in [-0.1, -0.05) is 12.1 Å². The van der Waals surface area contributed by atoms with E-state index in [2.05, 4.69) is 32.7 Å². The van der Waals surface area contributed by atoms with E-state index in [0.717, 1.165) is 38.2 Å². The highest BCUT2D eigenvalue weighted by atomic mass is 32.1. The molecule has 39 heavy (non-hydrogen) atoms. The molecule has 216 valence electrons. The first-order chi connectivity index (χ1) is 18.2. The van der Waals surface area contributed by atoms with Crippen LogP contribution in [-0.4, -0.2) is 75.6 Å². The number of fused-ring (bicyclic) bond motifs is 1. The summed E-state index contributed by atoms with van der Waals surface area (Å²) in [5.74, 6) is -5.02. The van der Waals surface area contributed by atoms with E-state index in [1.54, 1.807) is 17.5 Å². The van der Waals surface area contributed by atoms with Crippen molar-refractivity contribution in [2.45, 2.75) is 50.5 Å². The fraction of sp³-hybridized carbons (Fsp3) is 0.478. The van der Waals surface area contributed by atoms with Crippen LogP contribution < -0.4 is 5.32 Å². The van der Waals surface area contributed by atoms with Crippen molar-refractivity contribution in [1.29, 1.82) is 0 Å². The Kier molecular flexibility index (Phi) is 11.7. The van der Waals surface area contributed by atoms with Crippen molar-refractivity contribution < 1.29 is 55.7 Å². The molecule has 2 aromatic heterocycles. The molecule has 16 heteroatoms. The van der Waals surface area contributed by atoms with E-state index in [1.165, 1.54) is 4.88 Å². The number of carboxylic acids is 2. The van der Waals surface area contributed by atoms with Crippen molar-refractivity contribution >= 4 is 29.2 Å². The molecule has 2 fully saturated rings. The lowest BCUT2D eigenvalue weighted by Gasteiger charge is -2.33. The van der Waals surface area contributed by atoms with Crippen LogP contribution in [0.3, 0.4) is 0 Å². The number of aliphatic carboxylic acids is 2. The molecule has 2 saturated heterocycles. The van der Waals surface area contributed by atoms with E-state index in [-0.39, 0.29) is 18.1 Å². The van der Waals surface area contributed by atoms with Gasteiger partial charge in [0.1, 0.15) is 6.10 Å². The van der Waals surface area contributed by atoms with Crippen molar-refractivity contribution in [3.63, 3.8) is 0 Å². The Hall–Kier alpha value is -3.24. The number of ether oxygens (including phenoxy) is 1. The number of carboxylic acid groups (broad SMARTS) is 2. The number of amides is 1. The summed E-state index contributed by atoms with van der Waals surface area (Å²) in [6, 6.07) is 9.99. The molecule has 4 heterocycles. The molecule has 2 aliphatic rings. The van der Waals surface area contributed by atoms with E-state index in [0.29, 0.717) is 12.5 Å². The van der Waals surface area contributed by atoms with Crippen LogP contribution in [0.1, 0.15) is 23.4 Å². The number of rotatable bonds is 5. The number of hydrogen-bond donors (Lipinski definition) is 3. The first-order valence-electron chi connectivity index (χ1n) is 11.3. The molecule has 0 aliphatic carbocycles. The predicted molar refractivity (Wildman–Crippen MR) is 124 cm³/mol. The highest BCUT2D eigenvalue weighted by molar-refractivity contribution is 7.09. The molecule has 2 aromatic rings. The normalized spacial score (nSPS) is 20.9. The second kappa shape index (κ2) is 14.2. The molecule has 1 amide bonds. The number of aromatic nitrogens is 1. The molecule has 0 radical (unpaired) electrons. The van der Waals surface area contributed by atoms with Gasteiger partial charge < -0.3 is 20.3 Å². The minimum atomic E-state index is -5.08. The van der Waals surface area contributed by atoms with Gasteiger partial charge in [0.2, 0.25) is 5.91 Å². The highest BCUT2D eigenvalue weighted by Crippen LogP contribution is 2.34. The van der Waals surface area contributed by atoms with Crippen molar-refractivity contribution in [1.82, 2.24) is 15.2 Å². The Labute approximate surface area is 222 Å². The molecule has 0 unspecified atom stereocenters. The van der Waals surface area contributed by atoms with Crippen LogP contribution in [0.15, 0.2) is 41.9 Å². The van der Waals surface area contributed by atoms with Crippen LogP contribution in [0.4, 0.5) is 26.3 Å². The van der Waals surface area contributed by atoms with Gasteiger partial charge in [-0.15, -0.1) is 11.3 Å². The maximum absolute atomic E-state index is 12.4. The Balaban J connectivity index is 0.000000317. The molecular weight excluding hydrogens is 560 g/mol. The number of alkyl halides is 6. The summed E-state index contributed by atoms with van der Waals surface area (Å²) in [5.41, 5.74) is 0.869. The minimum Gasteiger partial charge on any atom is -0.475 e. The molecular formula is C23H25F6N3O6S. The number of nitrogens with one attached hydrogen (secondary N) is 1. The highest BCUT2D eigenvalue weighted by Gasteiger charge is 2.42. The topological polar surface area (TPSA) is 129 Å². The second-order valence-corrected chi connectivity index (χ2v) is 9.44. The van der Waals surface area contributed by atoms with Crippen molar-refractivity contribution in [3.05, 3.63) is 52.5 Å². The fourth-order valence-corrected chi connectivity index (χ4v) is 4.47. The molecule has 2 aliphatic heterocycles. The lowest BCUT2D eigenvalue weighted by atomic mass is 9.91. The van der Waals surface area contributed by atoms with Gasteiger partial charge in [-0.3, -0.25) is 14.7 Å². The summed E-state index contributed by atoms with van der Waals surface area (Å²) in [7, 11) is 0. The molecule has 4 rings (SSSR count). The Morgan fingerprint density at radius 3 is 2.21 bits per heavy atom. The molecule has 3 N–H and O–H groups in total. The number of pyridine rings is 1. The first kappa shape index (κ1) is 32.0. The van der Waals surface area contributed by atoms with Gasteiger partial charge >= 0.3 is 24.3 Å². The standard InChI is InChI=1S/C19H23N3O2S.2C2HF3O2/c23-19(21-11-15-4-1-2-7-20-15)17-10-14-6-8-22(13-18(14)24-17)12-16-5-3-9-25-16;2*3-2(4,5)1(6)7/h1-5,7,9,14,17-18H,6,8,10-13H2,(H,21,23);2*(H,6,7)/t14-,17+,18+;;/m0../s1. The van der Waals surface area contributed by atoms with Gasteiger partial charge in [0.15, 0.2) is 0 Å². The Morgan fingerprint density at radius 1 is 1.05 bits per heavy atom. The second-order valence-electron chi connectivity index (χ2n) is 8.41. The number of thiophene rings is 1. The third-order valence-electron chi connectivity index (χ3n) is 5.54. The molecule has 9 nitrogen and oxygen atoms in total. The summed E-state index contributed by atoms with van der Waals surface area (Å²) in [6.45, 7) is 3.46. The minimum absolute atomic E-state index is 0.00939. The third kappa shape index (κ3) is 11.2. The zero-order valence-electron chi connectivity index (χ0n) is 20.1. The zero-order chi connectivity index (χ0) is 29.2. The number of likely N-dealkylation sites (tertiary alicyclic amines) is 1. The van der Waals surface area contributed by atoms with Gasteiger partial charge in [-0.2, -0.15) is 26.3 Å². The maximum Gasteiger partial charge on any atom is 0.490 e. The monoisotopic (exact) mass is 585 g/mol. The van der Waals surface area contributed by atoms with Crippen LogP contribution in [0.5, 0.6) is 0 Å². The van der Waals surface area contributed by atoms with Gasteiger partial charge in [-0.05, 0) is 48.9 Å². The van der Waals surface area contributed by atoms with E-state index in [4.69, 9.17) is 24.5 Å². The van der Waals surface area contributed by atoms with E-state index >= 15 is 0 Å². The number of carbonyl (C=O) groups excluding carboxylic acids is 1. The van der Waals surface area contributed by atoms with Crippen molar-refractivity contribution in [2.24, 2.45) is 5.92 Å². The predicted octanol–water partition coefficient (Wildman–Crippen LogP) is 3.71. The summed E-state index contributed by atoms with van der Waals surface area (Å²) in [4.78, 5) is 38.3. The van der Waals surface area contributed by atoms with Crippen LogP contribution in [0.25, 0.3) is 0 Å². The smallest absolute Gasteiger partial charge is 0.475 e. The Bertz CT molecular complexity index is 1040. The maximum atomic E-state index is 12.4.